The summed E-state index contributed by atoms with van der Waals surface area (Å²) in [6, 6.07) is 2.76. The van der Waals surface area contributed by atoms with Gasteiger partial charge in [-0.25, -0.2) is 4.79 Å². The van der Waals surface area contributed by atoms with Crippen molar-refractivity contribution in [1.82, 2.24) is 5.16 Å². The van der Waals surface area contributed by atoms with Crippen molar-refractivity contribution >= 4 is 22.6 Å². The molecule has 7 heteroatoms. The number of benzene rings is 1. The number of rotatable bonds is 3. The van der Waals surface area contributed by atoms with Crippen LogP contribution < -0.4 is 0 Å². The zero-order valence-electron chi connectivity index (χ0n) is 10.7. The third-order valence-corrected chi connectivity index (χ3v) is 2.60. The summed E-state index contributed by atoms with van der Waals surface area (Å²) in [5.41, 5.74) is 0.587. The smallest absolute Gasteiger partial charge is 0.378 e. The average molecular weight is 264 g/mol. The summed E-state index contributed by atoms with van der Waals surface area (Å²) in [6.07, 6.45) is -0.285. The van der Waals surface area contributed by atoms with Crippen molar-refractivity contribution in [2.75, 3.05) is 0 Å². The summed E-state index contributed by atoms with van der Waals surface area (Å²) in [7, 11) is 0. The van der Waals surface area contributed by atoms with Gasteiger partial charge in [0.15, 0.2) is 0 Å². The fourth-order valence-electron chi connectivity index (χ4n) is 1.74. The van der Waals surface area contributed by atoms with E-state index < -0.39 is 10.9 Å². The summed E-state index contributed by atoms with van der Waals surface area (Å²) in [5.74, 6) is -0.674. The van der Waals surface area contributed by atoms with Crippen LogP contribution in [-0.2, 0) is 4.74 Å². The third kappa shape index (κ3) is 2.26. The SMILES string of the molecule is Cc1c([N+](=O)[O-])ccc2c(C(=O)OC(C)C)onc12. The number of aryl methyl sites for hydroxylation is 1. The van der Waals surface area contributed by atoms with Crippen LogP contribution in [0.4, 0.5) is 5.69 Å². The van der Waals surface area contributed by atoms with Crippen molar-refractivity contribution < 1.29 is 19.0 Å². The molecule has 0 aliphatic carbocycles. The second kappa shape index (κ2) is 4.68. The van der Waals surface area contributed by atoms with Gasteiger partial charge in [-0.05, 0) is 26.8 Å². The maximum Gasteiger partial charge on any atom is 0.378 e. The molecule has 0 fully saturated rings. The predicted octanol–water partition coefficient (Wildman–Crippen LogP) is 2.61. The first kappa shape index (κ1) is 13.0. The van der Waals surface area contributed by atoms with Crippen LogP contribution in [0.25, 0.3) is 10.9 Å². The Morgan fingerprint density at radius 3 is 2.74 bits per heavy atom. The number of hydrogen-bond acceptors (Lipinski definition) is 6. The van der Waals surface area contributed by atoms with Gasteiger partial charge in [0.2, 0.25) is 0 Å². The number of nitrogens with zero attached hydrogens (tertiary/aromatic N) is 2. The first-order chi connectivity index (χ1) is 8.91. The van der Waals surface area contributed by atoms with Gasteiger partial charge in [-0.3, -0.25) is 10.1 Å². The molecule has 0 aliphatic heterocycles. The first-order valence-electron chi connectivity index (χ1n) is 5.66. The minimum Gasteiger partial charge on any atom is -0.457 e. The maximum absolute atomic E-state index is 11.8. The molecule has 0 bridgehead atoms. The molecule has 19 heavy (non-hydrogen) atoms. The number of fused-ring (bicyclic) bond motifs is 1. The standard InChI is InChI=1S/C12H12N2O5/c1-6(2)18-12(15)11-8-4-5-9(14(16)17)7(3)10(8)13-19-11/h4-6H,1-3H3. The average Bonchev–Trinajstić information content (AvgIpc) is 2.72. The van der Waals surface area contributed by atoms with Crippen LogP contribution in [0.1, 0.15) is 30.0 Å². The fourth-order valence-corrected chi connectivity index (χ4v) is 1.74. The number of hydrogen-bond donors (Lipinski definition) is 0. The van der Waals surface area contributed by atoms with Gasteiger partial charge < -0.3 is 9.26 Å². The Hall–Kier alpha value is -2.44. The first-order valence-corrected chi connectivity index (χ1v) is 5.66. The molecule has 0 N–H and O–H groups in total. The van der Waals surface area contributed by atoms with Crippen LogP contribution in [0.2, 0.25) is 0 Å². The highest BCUT2D eigenvalue weighted by Gasteiger charge is 2.23. The molecule has 100 valence electrons. The Kier molecular flexibility index (Phi) is 3.20. The second-order valence-electron chi connectivity index (χ2n) is 4.33. The molecule has 1 aromatic heterocycles. The van der Waals surface area contributed by atoms with Crippen LogP contribution in [0.5, 0.6) is 0 Å². The monoisotopic (exact) mass is 264 g/mol. The molecule has 1 aromatic carbocycles. The Labute approximate surface area is 108 Å². The molecular weight excluding hydrogens is 252 g/mol. The fraction of sp³-hybridized carbons (Fsp3) is 0.333. The Bertz CT molecular complexity index is 659. The molecule has 7 nitrogen and oxygen atoms in total. The number of nitro benzene ring substituents is 1. The highest BCUT2D eigenvalue weighted by molar-refractivity contribution is 6.02. The van der Waals surface area contributed by atoms with Gasteiger partial charge in [-0.15, -0.1) is 0 Å². The Morgan fingerprint density at radius 1 is 1.47 bits per heavy atom. The highest BCUT2D eigenvalue weighted by Crippen LogP contribution is 2.28. The number of ether oxygens (including phenoxy) is 1. The van der Waals surface area contributed by atoms with E-state index in [1.807, 2.05) is 0 Å². The summed E-state index contributed by atoms with van der Waals surface area (Å²) < 4.78 is 9.96. The number of carbonyl (C=O) groups excluding carboxylic acids is 1. The summed E-state index contributed by atoms with van der Waals surface area (Å²) >= 11 is 0. The van der Waals surface area contributed by atoms with E-state index in [1.165, 1.54) is 12.1 Å². The summed E-state index contributed by atoms with van der Waals surface area (Å²) in [5, 5.41) is 14.9. The van der Waals surface area contributed by atoms with Gasteiger partial charge in [0.05, 0.1) is 22.0 Å². The third-order valence-electron chi connectivity index (χ3n) is 2.60. The molecule has 0 saturated carbocycles. The van der Waals surface area contributed by atoms with Crippen molar-refractivity contribution in [3.8, 4) is 0 Å². The lowest BCUT2D eigenvalue weighted by molar-refractivity contribution is -0.385. The molecule has 1 heterocycles. The molecular formula is C12H12N2O5. The van der Waals surface area contributed by atoms with Crippen LogP contribution in [0.15, 0.2) is 16.7 Å². The van der Waals surface area contributed by atoms with Gasteiger partial charge >= 0.3 is 5.97 Å². The van der Waals surface area contributed by atoms with Crippen molar-refractivity contribution in [3.05, 3.63) is 33.6 Å². The molecule has 0 aliphatic rings. The van der Waals surface area contributed by atoms with Crippen molar-refractivity contribution in [2.45, 2.75) is 26.9 Å². The molecule has 0 amide bonds. The number of carbonyl (C=O) groups is 1. The van der Waals surface area contributed by atoms with Crippen LogP contribution in [-0.4, -0.2) is 22.2 Å². The van der Waals surface area contributed by atoms with Gasteiger partial charge in [-0.1, -0.05) is 5.16 Å². The van der Waals surface area contributed by atoms with E-state index in [0.717, 1.165) is 0 Å². The molecule has 0 spiro atoms. The van der Waals surface area contributed by atoms with Gasteiger partial charge in [0.25, 0.3) is 11.4 Å². The van der Waals surface area contributed by atoms with Crippen molar-refractivity contribution in [3.63, 3.8) is 0 Å². The number of esters is 1. The molecule has 2 rings (SSSR count). The van der Waals surface area contributed by atoms with E-state index in [-0.39, 0.29) is 17.6 Å². The van der Waals surface area contributed by atoms with Crippen molar-refractivity contribution in [1.29, 1.82) is 0 Å². The van der Waals surface area contributed by atoms with Gasteiger partial charge in [0, 0.05) is 6.07 Å². The summed E-state index contributed by atoms with van der Waals surface area (Å²) in [6.45, 7) is 4.99. The molecule has 0 unspecified atom stereocenters. The van der Waals surface area contributed by atoms with E-state index >= 15 is 0 Å². The van der Waals surface area contributed by atoms with E-state index in [4.69, 9.17) is 9.26 Å². The number of aromatic nitrogens is 1. The largest absolute Gasteiger partial charge is 0.457 e. The van der Waals surface area contributed by atoms with Crippen LogP contribution >= 0.6 is 0 Å². The molecule has 0 radical (unpaired) electrons. The van der Waals surface area contributed by atoms with Crippen molar-refractivity contribution in [2.24, 2.45) is 0 Å². The quantitative estimate of drug-likeness (QED) is 0.480. The highest BCUT2D eigenvalue weighted by atomic mass is 16.6. The lowest BCUT2D eigenvalue weighted by Crippen LogP contribution is -2.11. The molecule has 0 saturated heterocycles. The number of nitro groups is 1. The Balaban J connectivity index is 2.53. The normalized spacial score (nSPS) is 10.9. The van der Waals surface area contributed by atoms with E-state index in [9.17, 15) is 14.9 Å². The lowest BCUT2D eigenvalue weighted by atomic mass is 10.1. The minimum atomic E-state index is -0.634. The topological polar surface area (TPSA) is 95.5 Å². The zero-order valence-corrected chi connectivity index (χ0v) is 10.7. The maximum atomic E-state index is 11.8. The van der Waals surface area contributed by atoms with Gasteiger partial charge in [-0.2, -0.15) is 0 Å². The Morgan fingerprint density at radius 2 is 2.16 bits per heavy atom. The molecule has 0 atom stereocenters. The zero-order chi connectivity index (χ0) is 14.2. The second-order valence-corrected chi connectivity index (χ2v) is 4.33. The predicted molar refractivity (Wildman–Crippen MR) is 66.0 cm³/mol. The van der Waals surface area contributed by atoms with E-state index in [1.54, 1.807) is 20.8 Å². The minimum absolute atomic E-state index is 0.0401. The van der Waals surface area contributed by atoms with Crippen LogP contribution in [0.3, 0.4) is 0 Å². The van der Waals surface area contributed by atoms with E-state index in [2.05, 4.69) is 5.16 Å². The van der Waals surface area contributed by atoms with E-state index in [0.29, 0.717) is 16.5 Å². The van der Waals surface area contributed by atoms with Crippen LogP contribution in [0, 0.1) is 17.0 Å². The lowest BCUT2D eigenvalue weighted by Gasteiger charge is -2.04. The summed E-state index contributed by atoms with van der Waals surface area (Å²) in [4.78, 5) is 22.1. The molecule has 2 aromatic rings. The van der Waals surface area contributed by atoms with Gasteiger partial charge in [0.1, 0.15) is 5.52 Å².